The highest BCUT2D eigenvalue weighted by Gasteiger charge is 2.26. The number of thioether (sulfide) groups is 1. The highest BCUT2D eigenvalue weighted by molar-refractivity contribution is 7.99. The van der Waals surface area contributed by atoms with Gasteiger partial charge in [0.25, 0.3) is 0 Å². The minimum Gasteiger partial charge on any atom is -0.489 e. The van der Waals surface area contributed by atoms with Gasteiger partial charge in [-0.2, -0.15) is 0 Å². The molecule has 0 aliphatic carbocycles. The molecule has 19 heavy (non-hydrogen) atoms. The molecule has 2 aliphatic heterocycles. The quantitative estimate of drug-likeness (QED) is 0.903. The monoisotopic (exact) mass is 299 g/mol. The molecule has 0 aromatic heterocycles. The molecule has 1 aromatic rings. The first kappa shape index (κ1) is 13.4. The number of rotatable bonds is 2. The number of fused-ring (bicyclic) bond motifs is 1. The zero-order valence-corrected chi connectivity index (χ0v) is 12.5. The predicted octanol–water partition coefficient (Wildman–Crippen LogP) is 3.61. The van der Waals surface area contributed by atoms with Gasteiger partial charge < -0.3 is 9.47 Å². The summed E-state index contributed by atoms with van der Waals surface area (Å²) in [6.07, 6.45) is 2.05. The van der Waals surface area contributed by atoms with Gasteiger partial charge >= 0.3 is 0 Å². The van der Waals surface area contributed by atoms with E-state index in [-0.39, 0.29) is 0 Å². The third-order valence-electron chi connectivity index (χ3n) is 3.47. The molecule has 2 heterocycles. The molecule has 5 heteroatoms. The van der Waals surface area contributed by atoms with E-state index in [2.05, 4.69) is 18.3 Å². The Balaban J connectivity index is 1.87. The van der Waals surface area contributed by atoms with Gasteiger partial charge in [0.1, 0.15) is 0 Å². The van der Waals surface area contributed by atoms with E-state index < -0.39 is 0 Å². The summed E-state index contributed by atoms with van der Waals surface area (Å²) < 4.78 is 11.4. The first-order chi connectivity index (χ1) is 9.28. The highest BCUT2D eigenvalue weighted by Crippen LogP contribution is 2.42. The van der Waals surface area contributed by atoms with E-state index in [4.69, 9.17) is 21.1 Å². The van der Waals surface area contributed by atoms with E-state index in [1.54, 1.807) is 0 Å². The molecule has 3 nitrogen and oxygen atoms in total. The van der Waals surface area contributed by atoms with Crippen LogP contribution in [0.25, 0.3) is 0 Å². The summed E-state index contributed by atoms with van der Waals surface area (Å²) in [5.74, 6) is 2.62. The molecule has 0 saturated carbocycles. The van der Waals surface area contributed by atoms with Gasteiger partial charge in [0.15, 0.2) is 11.5 Å². The van der Waals surface area contributed by atoms with Crippen LogP contribution in [0.2, 0.25) is 5.02 Å². The van der Waals surface area contributed by atoms with Crippen LogP contribution in [0.15, 0.2) is 12.1 Å². The van der Waals surface area contributed by atoms with Gasteiger partial charge in [0, 0.05) is 18.2 Å². The van der Waals surface area contributed by atoms with Gasteiger partial charge in [-0.05, 0) is 24.1 Å². The molecule has 3 rings (SSSR count). The fourth-order valence-corrected chi connectivity index (χ4v) is 4.00. The third-order valence-corrected chi connectivity index (χ3v) is 5.09. The second-order valence-electron chi connectivity index (χ2n) is 4.87. The average Bonchev–Trinajstić information content (AvgIpc) is 2.77. The summed E-state index contributed by atoms with van der Waals surface area (Å²) in [6.45, 7) is 3.57. The van der Waals surface area contributed by atoms with Crippen molar-refractivity contribution in [1.29, 1.82) is 0 Å². The van der Waals surface area contributed by atoms with E-state index in [0.717, 1.165) is 24.3 Å². The fraction of sp³-hybridized carbons (Fsp3) is 0.571. The molecule has 0 radical (unpaired) electrons. The summed E-state index contributed by atoms with van der Waals surface area (Å²) in [5, 5.41) is 4.57. The molecule has 1 N–H and O–H groups in total. The molecule has 0 bridgehead atoms. The van der Waals surface area contributed by atoms with Crippen molar-refractivity contribution in [3.63, 3.8) is 0 Å². The summed E-state index contributed by atoms with van der Waals surface area (Å²) in [7, 11) is 0. The van der Waals surface area contributed by atoms with Gasteiger partial charge in [-0.25, -0.2) is 0 Å². The fourth-order valence-electron chi connectivity index (χ4n) is 2.35. The van der Waals surface area contributed by atoms with Gasteiger partial charge in [-0.15, -0.1) is 11.8 Å². The smallest absolute Gasteiger partial charge is 0.179 e. The standard InChI is InChI=1S/C14H18ClNO2S/c1-2-10-8-19-14(16-10)9-6-11(15)13-12(7-9)17-4-3-5-18-13/h6-7,10,14,16H,2-5,8H2,1H3. The Labute approximate surface area is 123 Å². The number of benzene rings is 1. The van der Waals surface area contributed by atoms with Crippen LogP contribution in [-0.4, -0.2) is 25.0 Å². The number of ether oxygens (including phenoxy) is 2. The maximum Gasteiger partial charge on any atom is 0.179 e. The molecular formula is C14H18ClNO2S. The van der Waals surface area contributed by atoms with E-state index >= 15 is 0 Å². The number of hydrogen-bond donors (Lipinski definition) is 1. The predicted molar refractivity (Wildman–Crippen MR) is 79.5 cm³/mol. The van der Waals surface area contributed by atoms with Crippen LogP contribution >= 0.6 is 23.4 Å². The Morgan fingerprint density at radius 2 is 2.21 bits per heavy atom. The molecule has 104 valence electrons. The first-order valence-electron chi connectivity index (χ1n) is 6.74. The third kappa shape index (κ3) is 2.81. The summed E-state index contributed by atoms with van der Waals surface area (Å²) in [4.78, 5) is 0. The Bertz CT molecular complexity index is 469. The molecule has 1 saturated heterocycles. The Morgan fingerprint density at radius 3 is 3.00 bits per heavy atom. The van der Waals surface area contributed by atoms with Crippen LogP contribution in [0, 0.1) is 0 Å². The van der Waals surface area contributed by atoms with Crippen molar-refractivity contribution in [2.24, 2.45) is 0 Å². The lowest BCUT2D eigenvalue weighted by Gasteiger charge is -2.16. The normalized spacial score (nSPS) is 26.2. The molecule has 2 unspecified atom stereocenters. The van der Waals surface area contributed by atoms with E-state index in [0.29, 0.717) is 35.4 Å². The van der Waals surface area contributed by atoms with E-state index in [1.165, 1.54) is 5.56 Å². The van der Waals surface area contributed by atoms with Gasteiger partial charge in [0.05, 0.1) is 23.6 Å². The first-order valence-corrected chi connectivity index (χ1v) is 8.17. The lowest BCUT2D eigenvalue weighted by atomic mass is 10.1. The Kier molecular flexibility index (Phi) is 4.10. The van der Waals surface area contributed by atoms with Crippen LogP contribution in [0.4, 0.5) is 0 Å². The highest BCUT2D eigenvalue weighted by atomic mass is 35.5. The van der Waals surface area contributed by atoms with Crippen LogP contribution in [0.3, 0.4) is 0 Å². The zero-order chi connectivity index (χ0) is 13.2. The summed E-state index contributed by atoms with van der Waals surface area (Å²) in [6, 6.07) is 4.65. The maximum atomic E-state index is 6.33. The van der Waals surface area contributed by atoms with Gasteiger partial charge in [0.2, 0.25) is 0 Å². The van der Waals surface area contributed by atoms with Gasteiger partial charge in [-0.1, -0.05) is 18.5 Å². The van der Waals surface area contributed by atoms with Crippen LogP contribution in [0.5, 0.6) is 11.5 Å². The van der Waals surface area contributed by atoms with Crippen molar-refractivity contribution in [3.05, 3.63) is 22.7 Å². The minimum atomic E-state index is 0.305. The van der Waals surface area contributed by atoms with Crippen molar-refractivity contribution in [2.45, 2.75) is 31.2 Å². The molecule has 0 spiro atoms. The van der Waals surface area contributed by atoms with Crippen molar-refractivity contribution < 1.29 is 9.47 Å². The molecule has 1 fully saturated rings. The Hall–Kier alpha value is -0.580. The molecular weight excluding hydrogens is 282 g/mol. The number of nitrogens with one attached hydrogen (secondary N) is 1. The van der Waals surface area contributed by atoms with Gasteiger partial charge in [-0.3, -0.25) is 5.32 Å². The molecule has 1 aromatic carbocycles. The van der Waals surface area contributed by atoms with Crippen LogP contribution in [-0.2, 0) is 0 Å². The average molecular weight is 300 g/mol. The summed E-state index contributed by atoms with van der Waals surface area (Å²) in [5.41, 5.74) is 1.18. The lowest BCUT2D eigenvalue weighted by molar-refractivity contribution is 0.297. The number of hydrogen-bond acceptors (Lipinski definition) is 4. The van der Waals surface area contributed by atoms with Crippen molar-refractivity contribution in [2.75, 3.05) is 19.0 Å². The maximum absolute atomic E-state index is 6.33. The van der Waals surface area contributed by atoms with Crippen molar-refractivity contribution in [1.82, 2.24) is 5.32 Å². The summed E-state index contributed by atoms with van der Waals surface area (Å²) >= 11 is 8.25. The van der Waals surface area contributed by atoms with Crippen LogP contribution < -0.4 is 14.8 Å². The minimum absolute atomic E-state index is 0.305. The SMILES string of the molecule is CCC1CSC(c2cc(Cl)c3c(c2)OCCCO3)N1. The van der Waals surface area contributed by atoms with E-state index in [1.807, 2.05) is 17.8 Å². The van der Waals surface area contributed by atoms with Crippen LogP contribution in [0.1, 0.15) is 30.7 Å². The second kappa shape index (κ2) is 5.81. The van der Waals surface area contributed by atoms with E-state index in [9.17, 15) is 0 Å². The lowest BCUT2D eigenvalue weighted by Crippen LogP contribution is -2.24. The molecule has 2 aliphatic rings. The number of halogens is 1. The van der Waals surface area contributed by atoms with Crippen molar-refractivity contribution in [3.8, 4) is 11.5 Å². The zero-order valence-electron chi connectivity index (χ0n) is 10.9. The van der Waals surface area contributed by atoms with Crippen molar-refractivity contribution >= 4 is 23.4 Å². The molecule has 0 amide bonds. The topological polar surface area (TPSA) is 30.5 Å². The largest absolute Gasteiger partial charge is 0.489 e. The Morgan fingerprint density at radius 1 is 1.37 bits per heavy atom. The second-order valence-corrected chi connectivity index (χ2v) is 6.41. The molecule has 2 atom stereocenters.